The summed E-state index contributed by atoms with van der Waals surface area (Å²) in [7, 11) is 1.73. The highest BCUT2D eigenvalue weighted by Gasteiger charge is 2.26. The molecule has 1 saturated carbocycles. The number of hydrogen-bond donors (Lipinski definition) is 1. The summed E-state index contributed by atoms with van der Waals surface area (Å²) in [4.78, 5) is 23.1. The van der Waals surface area contributed by atoms with Crippen molar-refractivity contribution in [2.45, 2.75) is 25.2 Å². The van der Waals surface area contributed by atoms with Gasteiger partial charge >= 0.3 is 0 Å². The van der Waals surface area contributed by atoms with Gasteiger partial charge in [-0.3, -0.25) is 4.79 Å². The van der Waals surface area contributed by atoms with Gasteiger partial charge in [0.25, 0.3) is 5.91 Å². The molecule has 0 aromatic carbocycles. The lowest BCUT2D eigenvalue weighted by Crippen LogP contribution is -2.32. The van der Waals surface area contributed by atoms with Crippen LogP contribution in [0.1, 0.15) is 41.4 Å². The molecule has 1 atom stereocenters. The molecule has 1 aliphatic heterocycles. The van der Waals surface area contributed by atoms with Gasteiger partial charge in [-0.05, 0) is 31.7 Å². The van der Waals surface area contributed by atoms with Gasteiger partial charge in [0.15, 0.2) is 0 Å². The van der Waals surface area contributed by atoms with Crippen molar-refractivity contribution in [3.8, 4) is 0 Å². The minimum Gasteiger partial charge on any atom is -0.383 e. The quantitative estimate of drug-likeness (QED) is 0.815. The molecule has 6 heteroatoms. The van der Waals surface area contributed by atoms with Crippen LogP contribution in [-0.4, -0.2) is 60.7 Å². The third kappa shape index (κ3) is 4.01. The molecule has 0 bridgehead atoms. The highest BCUT2D eigenvalue weighted by atomic mass is 16.5. The van der Waals surface area contributed by atoms with E-state index in [9.17, 15) is 4.79 Å². The van der Waals surface area contributed by atoms with Crippen molar-refractivity contribution in [2.24, 2.45) is 5.92 Å². The van der Waals surface area contributed by atoms with Crippen molar-refractivity contribution >= 4 is 5.91 Å². The van der Waals surface area contributed by atoms with Gasteiger partial charge in [-0.2, -0.15) is 0 Å². The average Bonchev–Trinajstić information content (AvgIpc) is 3.30. The van der Waals surface area contributed by atoms with Crippen LogP contribution in [0.3, 0.4) is 0 Å². The molecule has 0 radical (unpaired) electrons. The predicted octanol–water partition coefficient (Wildman–Crippen LogP) is 1.05. The standard InChI is InChI=1S/C16H24N4O2/c1-22-7-6-20-5-4-12(11-20)8-19-16(21)14-9-17-15(18-10-14)13-2-3-13/h9-10,12-13H,2-8,11H2,1H3,(H,19,21)/t12-/m1/s1. The van der Waals surface area contributed by atoms with Crippen LogP contribution in [0.5, 0.6) is 0 Å². The number of hydrogen-bond acceptors (Lipinski definition) is 5. The first-order chi connectivity index (χ1) is 10.8. The zero-order valence-corrected chi connectivity index (χ0v) is 13.1. The van der Waals surface area contributed by atoms with Crippen molar-refractivity contribution in [3.05, 3.63) is 23.8 Å². The fraction of sp³-hybridized carbons (Fsp3) is 0.688. The summed E-state index contributed by atoms with van der Waals surface area (Å²) in [5.41, 5.74) is 0.554. The van der Waals surface area contributed by atoms with E-state index >= 15 is 0 Å². The maximum absolute atomic E-state index is 12.1. The first-order valence-electron chi connectivity index (χ1n) is 8.07. The van der Waals surface area contributed by atoms with E-state index in [1.54, 1.807) is 19.5 Å². The zero-order valence-electron chi connectivity index (χ0n) is 13.1. The molecular weight excluding hydrogens is 280 g/mol. The number of nitrogens with one attached hydrogen (secondary N) is 1. The minimum atomic E-state index is -0.0716. The lowest BCUT2D eigenvalue weighted by atomic mass is 10.1. The summed E-state index contributed by atoms with van der Waals surface area (Å²) in [6.45, 7) is 4.57. The molecule has 0 unspecified atom stereocenters. The van der Waals surface area contributed by atoms with Gasteiger partial charge in [0.1, 0.15) is 5.82 Å². The smallest absolute Gasteiger partial charge is 0.254 e. The Morgan fingerprint density at radius 1 is 1.36 bits per heavy atom. The van der Waals surface area contributed by atoms with Crippen LogP contribution < -0.4 is 5.32 Å². The highest BCUT2D eigenvalue weighted by molar-refractivity contribution is 5.93. The van der Waals surface area contributed by atoms with Crippen molar-refractivity contribution in [2.75, 3.05) is 39.9 Å². The van der Waals surface area contributed by atoms with Crippen LogP contribution in [-0.2, 0) is 4.74 Å². The van der Waals surface area contributed by atoms with Crippen LogP contribution >= 0.6 is 0 Å². The zero-order chi connectivity index (χ0) is 15.4. The Bertz CT molecular complexity index is 501. The Morgan fingerprint density at radius 3 is 2.82 bits per heavy atom. The summed E-state index contributed by atoms with van der Waals surface area (Å²) < 4.78 is 5.10. The molecule has 1 N–H and O–H groups in total. The molecule has 0 spiro atoms. The fourth-order valence-corrected chi connectivity index (χ4v) is 2.85. The van der Waals surface area contributed by atoms with Crippen molar-refractivity contribution in [3.63, 3.8) is 0 Å². The predicted molar refractivity (Wildman–Crippen MR) is 82.8 cm³/mol. The van der Waals surface area contributed by atoms with Gasteiger partial charge < -0.3 is 15.0 Å². The second-order valence-electron chi connectivity index (χ2n) is 6.26. The van der Waals surface area contributed by atoms with E-state index in [1.807, 2.05) is 0 Å². The number of amides is 1. The summed E-state index contributed by atoms with van der Waals surface area (Å²) >= 11 is 0. The van der Waals surface area contributed by atoms with E-state index in [2.05, 4.69) is 20.2 Å². The molecule has 1 amide bonds. The summed E-state index contributed by atoms with van der Waals surface area (Å²) in [6.07, 6.45) is 6.77. The highest BCUT2D eigenvalue weighted by Crippen LogP contribution is 2.37. The number of carbonyl (C=O) groups excluding carboxylic acids is 1. The Hall–Kier alpha value is -1.53. The molecule has 1 aromatic rings. The third-order valence-electron chi connectivity index (χ3n) is 4.41. The molecule has 2 aliphatic rings. The minimum absolute atomic E-state index is 0.0716. The molecule has 2 heterocycles. The van der Waals surface area contributed by atoms with Crippen LogP contribution in [0.2, 0.25) is 0 Å². The lowest BCUT2D eigenvalue weighted by molar-refractivity contribution is 0.0946. The van der Waals surface area contributed by atoms with Gasteiger partial charge in [0, 0.05) is 45.1 Å². The van der Waals surface area contributed by atoms with Crippen LogP contribution in [0.15, 0.2) is 12.4 Å². The van der Waals surface area contributed by atoms with E-state index in [0.717, 1.165) is 38.5 Å². The maximum Gasteiger partial charge on any atom is 0.254 e. The Morgan fingerprint density at radius 2 is 2.14 bits per heavy atom. The number of ether oxygens (including phenoxy) is 1. The Balaban J connectivity index is 1.42. The summed E-state index contributed by atoms with van der Waals surface area (Å²) in [5.74, 6) is 1.85. The maximum atomic E-state index is 12.1. The SMILES string of the molecule is COCCN1CC[C@H](CNC(=O)c2cnc(C3CC3)nc2)C1. The van der Waals surface area contributed by atoms with Crippen LogP contribution in [0.25, 0.3) is 0 Å². The monoisotopic (exact) mass is 304 g/mol. The van der Waals surface area contributed by atoms with Gasteiger partial charge in [0.2, 0.25) is 0 Å². The number of rotatable bonds is 7. The van der Waals surface area contributed by atoms with Crippen molar-refractivity contribution < 1.29 is 9.53 Å². The molecule has 120 valence electrons. The second kappa shape index (κ2) is 7.15. The normalized spacial score (nSPS) is 22.0. The van der Waals surface area contributed by atoms with E-state index in [4.69, 9.17) is 4.74 Å². The first kappa shape index (κ1) is 15.4. The Kier molecular flexibility index (Phi) is 5.00. The van der Waals surface area contributed by atoms with Gasteiger partial charge in [-0.1, -0.05) is 0 Å². The number of carbonyl (C=O) groups is 1. The van der Waals surface area contributed by atoms with E-state index in [0.29, 0.717) is 23.9 Å². The van der Waals surface area contributed by atoms with Crippen LogP contribution in [0.4, 0.5) is 0 Å². The van der Waals surface area contributed by atoms with Crippen molar-refractivity contribution in [1.82, 2.24) is 20.2 Å². The molecule has 1 saturated heterocycles. The van der Waals surface area contributed by atoms with E-state index in [-0.39, 0.29) is 5.91 Å². The fourth-order valence-electron chi connectivity index (χ4n) is 2.85. The molecule has 1 aromatic heterocycles. The van der Waals surface area contributed by atoms with Crippen molar-refractivity contribution in [1.29, 1.82) is 0 Å². The van der Waals surface area contributed by atoms with Crippen LogP contribution in [0, 0.1) is 5.92 Å². The summed E-state index contributed by atoms with van der Waals surface area (Å²) in [5, 5.41) is 3.00. The number of likely N-dealkylation sites (tertiary alicyclic amines) is 1. The number of nitrogens with zero attached hydrogens (tertiary/aromatic N) is 3. The lowest BCUT2D eigenvalue weighted by Gasteiger charge is -2.15. The Labute approximate surface area is 131 Å². The van der Waals surface area contributed by atoms with Gasteiger partial charge in [-0.25, -0.2) is 9.97 Å². The molecule has 6 nitrogen and oxygen atoms in total. The number of methoxy groups -OCH3 is 1. The van der Waals surface area contributed by atoms with Gasteiger partial charge in [0.05, 0.1) is 12.2 Å². The average molecular weight is 304 g/mol. The van der Waals surface area contributed by atoms with E-state index in [1.165, 1.54) is 12.8 Å². The largest absolute Gasteiger partial charge is 0.383 e. The molecule has 22 heavy (non-hydrogen) atoms. The molecule has 3 rings (SSSR count). The third-order valence-corrected chi connectivity index (χ3v) is 4.41. The van der Waals surface area contributed by atoms with Gasteiger partial charge in [-0.15, -0.1) is 0 Å². The first-order valence-corrected chi connectivity index (χ1v) is 8.07. The molecular formula is C16H24N4O2. The van der Waals surface area contributed by atoms with E-state index < -0.39 is 0 Å². The number of aromatic nitrogens is 2. The molecule has 1 aliphatic carbocycles. The summed E-state index contributed by atoms with van der Waals surface area (Å²) in [6, 6.07) is 0. The second-order valence-corrected chi connectivity index (χ2v) is 6.26. The molecule has 2 fully saturated rings. The topological polar surface area (TPSA) is 67.3 Å².